The normalized spacial score (nSPS) is 14.9. The number of nitrogens with one attached hydrogen (secondary N) is 2. The van der Waals surface area contributed by atoms with Crippen LogP contribution in [0.4, 0.5) is 5.69 Å². The van der Waals surface area contributed by atoms with E-state index in [0.717, 1.165) is 42.9 Å². The van der Waals surface area contributed by atoms with Crippen molar-refractivity contribution in [2.75, 3.05) is 13.1 Å². The quantitative estimate of drug-likeness (QED) is 0.186. The number of carbonyl (C=O) groups excluding carboxylic acids is 1. The zero-order valence-electron chi connectivity index (χ0n) is 24.0. The number of rotatable bonds is 9. The van der Waals surface area contributed by atoms with E-state index in [4.69, 9.17) is 4.99 Å². The molecule has 8 nitrogen and oxygen atoms in total. The van der Waals surface area contributed by atoms with Crippen LogP contribution < -0.4 is 5.32 Å². The summed E-state index contributed by atoms with van der Waals surface area (Å²) in [5.74, 6) is -0.181. The van der Waals surface area contributed by atoms with Crippen molar-refractivity contribution in [1.82, 2.24) is 25.0 Å². The van der Waals surface area contributed by atoms with Crippen LogP contribution in [0.2, 0.25) is 0 Å². The minimum absolute atomic E-state index is 0.00784. The van der Waals surface area contributed by atoms with Gasteiger partial charge >= 0.3 is 0 Å². The van der Waals surface area contributed by atoms with Crippen LogP contribution in [-0.2, 0) is 13.6 Å². The Morgan fingerprint density at radius 3 is 2.50 bits per heavy atom. The number of fused-ring (bicyclic) bond motifs is 1. The average Bonchev–Trinajstić information content (AvgIpc) is 3.76. The molecule has 3 N–H and O–H groups in total. The number of aromatic amines is 1. The zero-order valence-corrected chi connectivity index (χ0v) is 24.0. The van der Waals surface area contributed by atoms with Gasteiger partial charge in [-0.25, -0.2) is 4.99 Å². The number of aryl methyl sites for hydroxylation is 1. The fourth-order valence-electron chi connectivity index (χ4n) is 5.72. The van der Waals surface area contributed by atoms with Gasteiger partial charge in [-0.3, -0.25) is 14.4 Å². The van der Waals surface area contributed by atoms with Crippen molar-refractivity contribution < 1.29 is 9.90 Å². The molecule has 0 saturated carbocycles. The summed E-state index contributed by atoms with van der Waals surface area (Å²) in [7, 11) is 1.85. The highest BCUT2D eigenvalue weighted by Crippen LogP contribution is 2.32. The molecule has 1 aliphatic rings. The van der Waals surface area contributed by atoms with E-state index in [1.807, 2.05) is 67.8 Å². The minimum atomic E-state index is -0.173. The molecule has 1 amide bonds. The smallest absolute Gasteiger partial charge is 0.251 e. The van der Waals surface area contributed by atoms with Gasteiger partial charge < -0.3 is 15.4 Å². The van der Waals surface area contributed by atoms with Gasteiger partial charge in [0.05, 0.1) is 29.2 Å². The van der Waals surface area contributed by atoms with Crippen LogP contribution >= 0.6 is 0 Å². The second kappa shape index (κ2) is 12.0. The van der Waals surface area contributed by atoms with Crippen molar-refractivity contribution in [3.63, 3.8) is 0 Å². The highest BCUT2D eigenvalue weighted by molar-refractivity contribution is 6.22. The SMILES string of the molecule is CC[C@@H](NC(=O)c1ccc2[nH]c(O)c(C(=Nc3ccc(CN4CCCC4)cc3)c3cnn(C)c3)c2c1)c1ccccc1. The molecule has 3 heterocycles. The first-order valence-corrected chi connectivity index (χ1v) is 14.6. The van der Waals surface area contributed by atoms with E-state index in [-0.39, 0.29) is 17.8 Å². The Morgan fingerprint density at radius 1 is 1.05 bits per heavy atom. The maximum atomic E-state index is 13.4. The van der Waals surface area contributed by atoms with Crippen molar-refractivity contribution in [3.8, 4) is 5.88 Å². The van der Waals surface area contributed by atoms with Gasteiger partial charge in [0, 0.05) is 41.8 Å². The number of aliphatic imine (C=N–C) groups is 1. The molecule has 2 aromatic heterocycles. The fourth-order valence-corrected chi connectivity index (χ4v) is 5.72. The lowest BCUT2D eigenvalue weighted by Gasteiger charge is -2.17. The number of benzene rings is 3. The zero-order chi connectivity index (χ0) is 29.1. The molecule has 1 aliphatic heterocycles. The molecule has 0 bridgehead atoms. The maximum Gasteiger partial charge on any atom is 0.251 e. The van der Waals surface area contributed by atoms with Crippen molar-refractivity contribution in [2.45, 2.75) is 38.8 Å². The number of aromatic hydroxyl groups is 1. The van der Waals surface area contributed by atoms with Gasteiger partial charge in [0.1, 0.15) is 0 Å². The number of hydrogen-bond acceptors (Lipinski definition) is 5. The molecular formula is C34H36N6O2. The maximum absolute atomic E-state index is 13.4. The summed E-state index contributed by atoms with van der Waals surface area (Å²) < 4.78 is 1.71. The van der Waals surface area contributed by atoms with Gasteiger partial charge in [0.2, 0.25) is 0 Å². The summed E-state index contributed by atoms with van der Waals surface area (Å²) in [5, 5.41) is 19.4. The Balaban J connectivity index is 1.36. The number of aromatic nitrogens is 3. The van der Waals surface area contributed by atoms with Crippen LogP contribution in [0.5, 0.6) is 5.88 Å². The Bertz CT molecular complexity index is 1710. The molecule has 1 fully saturated rings. The van der Waals surface area contributed by atoms with Crippen molar-refractivity contribution in [2.24, 2.45) is 12.0 Å². The van der Waals surface area contributed by atoms with E-state index in [1.165, 1.54) is 18.4 Å². The number of carbonyl (C=O) groups is 1. The Labute approximate surface area is 245 Å². The van der Waals surface area contributed by atoms with Crippen LogP contribution in [0, 0.1) is 0 Å². The predicted octanol–water partition coefficient (Wildman–Crippen LogP) is 6.25. The second-order valence-corrected chi connectivity index (χ2v) is 11.0. The van der Waals surface area contributed by atoms with Crippen molar-refractivity contribution in [1.29, 1.82) is 0 Å². The van der Waals surface area contributed by atoms with Gasteiger partial charge in [-0.1, -0.05) is 49.4 Å². The Morgan fingerprint density at radius 2 is 1.81 bits per heavy atom. The summed E-state index contributed by atoms with van der Waals surface area (Å²) in [6.45, 7) is 5.29. The first-order valence-electron chi connectivity index (χ1n) is 14.6. The van der Waals surface area contributed by atoms with Crippen LogP contribution in [-0.4, -0.2) is 49.5 Å². The van der Waals surface area contributed by atoms with Gasteiger partial charge in [0.15, 0.2) is 5.88 Å². The number of hydrogen-bond donors (Lipinski definition) is 3. The van der Waals surface area contributed by atoms with Gasteiger partial charge in [-0.2, -0.15) is 5.10 Å². The van der Waals surface area contributed by atoms with Crippen LogP contribution in [0.1, 0.15) is 64.8 Å². The third kappa shape index (κ3) is 5.85. The van der Waals surface area contributed by atoms with Gasteiger partial charge in [-0.15, -0.1) is 0 Å². The van der Waals surface area contributed by atoms with E-state index in [0.29, 0.717) is 27.7 Å². The lowest BCUT2D eigenvalue weighted by Crippen LogP contribution is -2.28. The summed E-state index contributed by atoms with van der Waals surface area (Å²) in [6.07, 6.45) is 6.91. The van der Waals surface area contributed by atoms with Crippen LogP contribution in [0.15, 0.2) is 90.2 Å². The summed E-state index contributed by atoms with van der Waals surface area (Å²) in [6, 6.07) is 23.5. The number of amides is 1. The van der Waals surface area contributed by atoms with E-state index in [1.54, 1.807) is 16.9 Å². The number of H-pyrrole nitrogens is 1. The third-order valence-electron chi connectivity index (χ3n) is 7.95. The molecule has 0 unspecified atom stereocenters. The molecule has 5 aromatic rings. The molecule has 42 heavy (non-hydrogen) atoms. The van der Waals surface area contributed by atoms with Gasteiger partial charge in [0.25, 0.3) is 5.91 Å². The second-order valence-electron chi connectivity index (χ2n) is 11.0. The lowest BCUT2D eigenvalue weighted by atomic mass is 10.0. The Hall–Kier alpha value is -4.69. The topological polar surface area (TPSA) is 98.5 Å². The molecule has 0 radical (unpaired) electrons. The Kier molecular flexibility index (Phi) is 7.88. The van der Waals surface area contributed by atoms with Crippen molar-refractivity contribution in [3.05, 3.63) is 113 Å². The van der Waals surface area contributed by atoms with E-state index < -0.39 is 0 Å². The molecule has 3 aromatic carbocycles. The van der Waals surface area contributed by atoms with Crippen molar-refractivity contribution >= 4 is 28.2 Å². The summed E-state index contributed by atoms with van der Waals surface area (Å²) >= 11 is 0. The minimum Gasteiger partial charge on any atom is -0.494 e. The number of nitrogens with zero attached hydrogens (tertiary/aromatic N) is 4. The number of likely N-dealkylation sites (tertiary alicyclic amines) is 1. The first-order chi connectivity index (χ1) is 20.5. The standard InChI is InChI=1S/C34H36N6O2/c1-3-29(24-9-5-4-6-10-24)37-33(41)25-13-16-30-28(19-25)31(34(42)38-30)32(26-20-35-39(2)22-26)36-27-14-11-23(12-15-27)21-40-17-7-8-18-40/h4-6,9-16,19-20,22,29,38,42H,3,7-8,17-18,21H2,1-2H3,(H,37,41)/t29-/m1/s1. The summed E-state index contributed by atoms with van der Waals surface area (Å²) in [4.78, 5) is 24.0. The average molecular weight is 561 g/mol. The molecule has 214 valence electrons. The molecule has 1 saturated heterocycles. The predicted molar refractivity (Wildman–Crippen MR) is 166 cm³/mol. The molecule has 0 spiro atoms. The fraction of sp³-hybridized carbons (Fsp3) is 0.265. The first kappa shape index (κ1) is 27.5. The van der Waals surface area contributed by atoms with Gasteiger partial charge in [-0.05, 0) is 73.8 Å². The largest absolute Gasteiger partial charge is 0.494 e. The summed E-state index contributed by atoms with van der Waals surface area (Å²) in [5.41, 5.74) is 6.18. The van der Waals surface area contributed by atoms with Crippen LogP contribution in [0.25, 0.3) is 10.9 Å². The van der Waals surface area contributed by atoms with Crippen LogP contribution in [0.3, 0.4) is 0 Å². The van der Waals surface area contributed by atoms with E-state index >= 15 is 0 Å². The molecule has 1 atom stereocenters. The lowest BCUT2D eigenvalue weighted by molar-refractivity contribution is 0.0935. The highest BCUT2D eigenvalue weighted by atomic mass is 16.3. The molecule has 6 rings (SSSR count). The monoisotopic (exact) mass is 560 g/mol. The highest BCUT2D eigenvalue weighted by Gasteiger charge is 2.22. The molecular weight excluding hydrogens is 524 g/mol. The van der Waals surface area contributed by atoms with E-state index in [9.17, 15) is 9.90 Å². The molecule has 8 heteroatoms. The molecule has 0 aliphatic carbocycles. The third-order valence-corrected chi connectivity index (χ3v) is 7.95. The van der Waals surface area contributed by atoms with E-state index in [2.05, 4.69) is 39.4 Å².